The Kier molecular flexibility index (Phi) is 7.78. The second-order valence-corrected chi connectivity index (χ2v) is 6.75. The molecule has 2 aromatic rings. The molecule has 1 atom stereocenters. The molecule has 0 aliphatic rings. The monoisotopic (exact) mass is 360 g/mol. The lowest BCUT2D eigenvalue weighted by Gasteiger charge is -2.20. The summed E-state index contributed by atoms with van der Waals surface area (Å²) in [5.41, 5.74) is 8.67. The van der Waals surface area contributed by atoms with E-state index in [0.717, 1.165) is 62.0 Å². The van der Waals surface area contributed by atoms with E-state index in [1.807, 2.05) is 20.0 Å². The molecule has 3 N–H and O–H groups in total. The molecule has 26 heavy (non-hydrogen) atoms. The average Bonchev–Trinajstić information content (AvgIpc) is 3.10. The Morgan fingerprint density at radius 1 is 1.27 bits per heavy atom. The average molecular weight is 360 g/mol. The first-order valence-electron chi connectivity index (χ1n) is 9.32. The molecule has 0 bridgehead atoms. The van der Waals surface area contributed by atoms with Crippen LogP contribution in [0.15, 0.2) is 30.3 Å². The third kappa shape index (κ3) is 5.95. The maximum atomic E-state index is 13.0. The number of unbranched alkanes of at least 4 members (excludes halogenated alkanes) is 2. The maximum absolute atomic E-state index is 13.0. The number of aryl methyl sites for hydroxylation is 1. The van der Waals surface area contributed by atoms with Crippen LogP contribution < -0.4 is 5.73 Å². The highest BCUT2D eigenvalue weighted by Gasteiger charge is 2.16. The van der Waals surface area contributed by atoms with Crippen molar-refractivity contribution in [3.05, 3.63) is 41.8 Å². The van der Waals surface area contributed by atoms with Crippen molar-refractivity contribution < 1.29 is 9.18 Å². The lowest BCUT2D eigenvalue weighted by molar-refractivity contribution is -0.131. The molecular formula is C20H29FN4O. The van der Waals surface area contributed by atoms with Crippen molar-refractivity contribution in [3.8, 4) is 11.3 Å². The van der Waals surface area contributed by atoms with Gasteiger partial charge in [-0.1, -0.05) is 19.8 Å². The minimum Gasteiger partial charge on any atom is -0.344 e. The van der Waals surface area contributed by atoms with Crippen molar-refractivity contribution in [1.82, 2.24) is 15.1 Å². The van der Waals surface area contributed by atoms with Crippen LogP contribution in [0.2, 0.25) is 0 Å². The molecule has 142 valence electrons. The molecule has 0 spiro atoms. The molecule has 0 radical (unpaired) electrons. The third-order valence-electron chi connectivity index (χ3n) is 4.50. The van der Waals surface area contributed by atoms with Gasteiger partial charge in [0.15, 0.2) is 0 Å². The van der Waals surface area contributed by atoms with Crippen LogP contribution in [0, 0.1) is 5.82 Å². The van der Waals surface area contributed by atoms with Gasteiger partial charge in [-0.3, -0.25) is 9.89 Å². The number of nitrogens with two attached hydrogens (primary N) is 1. The normalized spacial score (nSPS) is 12.2. The Labute approximate surface area is 154 Å². The first kappa shape index (κ1) is 20.1. The molecule has 1 amide bonds. The van der Waals surface area contributed by atoms with Gasteiger partial charge in [-0.15, -0.1) is 0 Å². The molecule has 5 nitrogen and oxygen atoms in total. The van der Waals surface area contributed by atoms with Crippen LogP contribution in [0.3, 0.4) is 0 Å². The summed E-state index contributed by atoms with van der Waals surface area (Å²) >= 11 is 0. The van der Waals surface area contributed by atoms with Crippen LogP contribution in [0.1, 0.15) is 44.7 Å². The zero-order valence-corrected chi connectivity index (χ0v) is 15.7. The van der Waals surface area contributed by atoms with E-state index >= 15 is 0 Å². The summed E-state index contributed by atoms with van der Waals surface area (Å²) < 4.78 is 13.0. The van der Waals surface area contributed by atoms with Crippen molar-refractivity contribution in [2.75, 3.05) is 13.6 Å². The predicted molar refractivity (Wildman–Crippen MR) is 102 cm³/mol. The number of nitrogens with zero attached hydrogens (tertiary/aromatic N) is 2. The Balaban J connectivity index is 1.69. The molecule has 1 heterocycles. The first-order valence-corrected chi connectivity index (χ1v) is 9.32. The van der Waals surface area contributed by atoms with Gasteiger partial charge < -0.3 is 10.6 Å². The number of rotatable bonds is 10. The number of hydrogen-bond acceptors (Lipinski definition) is 3. The van der Waals surface area contributed by atoms with Gasteiger partial charge in [-0.25, -0.2) is 4.39 Å². The van der Waals surface area contributed by atoms with Crippen LogP contribution in [0.25, 0.3) is 11.3 Å². The molecule has 1 aromatic carbocycles. The molecule has 0 fully saturated rings. The summed E-state index contributed by atoms with van der Waals surface area (Å²) in [6.07, 6.45) is 5.57. The summed E-state index contributed by atoms with van der Waals surface area (Å²) in [4.78, 5) is 13.8. The summed E-state index contributed by atoms with van der Waals surface area (Å²) in [7, 11) is 1.82. The minimum absolute atomic E-state index is 0.0318. The summed E-state index contributed by atoms with van der Waals surface area (Å²) in [6.45, 7) is 2.77. The van der Waals surface area contributed by atoms with Gasteiger partial charge in [0.05, 0.1) is 11.7 Å². The highest BCUT2D eigenvalue weighted by molar-refractivity contribution is 5.81. The number of carbonyl (C=O) groups excluding carboxylic acids is 1. The van der Waals surface area contributed by atoms with Crippen molar-refractivity contribution in [3.63, 3.8) is 0 Å². The molecule has 0 saturated carbocycles. The molecular weight excluding hydrogens is 331 g/mol. The lowest BCUT2D eigenvalue weighted by Crippen LogP contribution is -2.42. The van der Waals surface area contributed by atoms with E-state index in [9.17, 15) is 9.18 Å². The second-order valence-electron chi connectivity index (χ2n) is 6.75. The van der Waals surface area contributed by atoms with E-state index in [-0.39, 0.29) is 17.8 Å². The summed E-state index contributed by atoms with van der Waals surface area (Å²) in [6, 6.07) is 7.96. The summed E-state index contributed by atoms with van der Waals surface area (Å²) in [5, 5.41) is 7.33. The quantitative estimate of drug-likeness (QED) is 0.637. The van der Waals surface area contributed by atoms with Crippen LogP contribution in [0.4, 0.5) is 4.39 Å². The number of benzene rings is 1. The number of aromatic amines is 1. The fourth-order valence-electron chi connectivity index (χ4n) is 2.93. The van der Waals surface area contributed by atoms with Gasteiger partial charge in [-0.2, -0.15) is 5.10 Å². The fraction of sp³-hybridized carbons (Fsp3) is 0.500. The van der Waals surface area contributed by atoms with Gasteiger partial charge in [0, 0.05) is 24.8 Å². The van der Waals surface area contributed by atoms with Crippen molar-refractivity contribution in [2.45, 2.75) is 51.5 Å². The van der Waals surface area contributed by atoms with Gasteiger partial charge in [0.1, 0.15) is 5.82 Å². The number of carbonyl (C=O) groups is 1. The molecule has 6 heteroatoms. The standard InChI is InChI=1S/C20H29FN4O/c1-3-7-18(22)20(26)25(2)13-6-4-5-8-17-14-19(24-23-17)15-9-11-16(21)12-10-15/h9-12,14,18H,3-8,13,22H2,1-2H3,(H,23,24). The van der Waals surface area contributed by atoms with Gasteiger partial charge in [0.25, 0.3) is 0 Å². The Morgan fingerprint density at radius 3 is 2.69 bits per heavy atom. The Morgan fingerprint density at radius 2 is 2.00 bits per heavy atom. The highest BCUT2D eigenvalue weighted by atomic mass is 19.1. The number of H-pyrrole nitrogens is 1. The number of halogens is 1. The van der Waals surface area contributed by atoms with Gasteiger partial charge in [0.2, 0.25) is 5.91 Å². The molecule has 1 unspecified atom stereocenters. The Hall–Kier alpha value is -2.21. The van der Waals surface area contributed by atoms with Crippen molar-refractivity contribution in [2.24, 2.45) is 5.73 Å². The van der Waals surface area contributed by atoms with Gasteiger partial charge >= 0.3 is 0 Å². The molecule has 0 aliphatic carbocycles. The molecule has 0 saturated heterocycles. The zero-order chi connectivity index (χ0) is 18.9. The van der Waals surface area contributed by atoms with Crippen LogP contribution >= 0.6 is 0 Å². The van der Waals surface area contributed by atoms with Crippen LogP contribution in [-0.2, 0) is 11.2 Å². The van der Waals surface area contributed by atoms with Crippen molar-refractivity contribution >= 4 is 5.91 Å². The van der Waals surface area contributed by atoms with Gasteiger partial charge in [-0.05, 0) is 56.0 Å². The minimum atomic E-state index is -0.375. The fourth-order valence-corrected chi connectivity index (χ4v) is 2.93. The van der Waals surface area contributed by atoms with E-state index < -0.39 is 0 Å². The van der Waals surface area contributed by atoms with Crippen molar-refractivity contribution in [1.29, 1.82) is 0 Å². The van der Waals surface area contributed by atoms with E-state index in [0.29, 0.717) is 0 Å². The first-order chi connectivity index (χ1) is 12.5. The smallest absolute Gasteiger partial charge is 0.239 e. The van der Waals surface area contributed by atoms with Crippen LogP contribution in [-0.4, -0.2) is 40.6 Å². The number of nitrogens with one attached hydrogen (secondary N) is 1. The highest BCUT2D eigenvalue weighted by Crippen LogP contribution is 2.19. The largest absolute Gasteiger partial charge is 0.344 e. The maximum Gasteiger partial charge on any atom is 0.239 e. The number of likely N-dealkylation sites (N-methyl/N-ethyl adjacent to an activating group) is 1. The number of hydrogen-bond donors (Lipinski definition) is 2. The Bertz CT molecular complexity index is 683. The van der Waals surface area contributed by atoms with E-state index in [1.165, 1.54) is 12.1 Å². The second kappa shape index (κ2) is 10.1. The molecule has 1 aromatic heterocycles. The molecule has 0 aliphatic heterocycles. The SMILES string of the molecule is CCCC(N)C(=O)N(C)CCCCCc1cc(-c2ccc(F)cc2)n[nH]1. The van der Waals surface area contributed by atoms with E-state index in [2.05, 4.69) is 10.2 Å². The summed E-state index contributed by atoms with van der Waals surface area (Å²) in [5.74, 6) is -0.215. The number of aromatic nitrogens is 2. The number of amides is 1. The lowest BCUT2D eigenvalue weighted by atomic mass is 10.1. The topological polar surface area (TPSA) is 75.0 Å². The predicted octanol–water partition coefficient (Wildman–Crippen LogP) is 3.51. The van der Waals surface area contributed by atoms with E-state index in [1.54, 1.807) is 17.0 Å². The molecule has 2 rings (SSSR count). The van der Waals surface area contributed by atoms with Crippen LogP contribution in [0.5, 0.6) is 0 Å². The third-order valence-corrected chi connectivity index (χ3v) is 4.50. The van der Waals surface area contributed by atoms with E-state index in [4.69, 9.17) is 5.73 Å². The zero-order valence-electron chi connectivity index (χ0n) is 15.7.